The van der Waals surface area contributed by atoms with E-state index in [1.807, 2.05) is 31.2 Å². The highest BCUT2D eigenvalue weighted by Crippen LogP contribution is 2.30. The second-order valence-corrected chi connectivity index (χ2v) is 9.48. The molecule has 3 rings (SSSR count). The molecule has 0 unspecified atom stereocenters. The van der Waals surface area contributed by atoms with E-state index < -0.39 is 11.9 Å². The van der Waals surface area contributed by atoms with Gasteiger partial charge in [-0.1, -0.05) is 41.6 Å². The van der Waals surface area contributed by atoms with E-state index in [1.54, 1.807) is 20.8 Å². The first-order valence-electron chi connectivity index (χ1n) is 10.8. The minimum Gasteiger partial charge on any atom is -0.466 e. The Hall–Kier alpha value is -2.98. The van der Waals surface area contributed by atoms with Crippen LogP contribution in [-0.4, -0.2) is 46.2 Å². The Kier molecular flexibility index (Phi) is 8.62. The molecule has 0 aliphatic rings. The number of nitrogens with zero attached hydrogens (tertiary/aromatic N) is 2. The van der Waals surface area contributed by atoms with Gasteiger partial charge in [0.15, 0.2) is 10.9 Å². The fourth-order valence-corrected chi connectivity index (χ4v) is 5.26. The summed E-state index contributed by atoms with van der Waals surface area (Å²) in [6.07, 6.45) is -0.337. The summed E-state index contributed by atoms with van der Waals surface area (Å²) in [4.78, 5) is 55.2. The van der Waals surface area contributed by atoms with E-state index >= 15 is 0 Å². The second kappa shape index (κ2) is 11.4. The van der Waals surface area contributed by atoms with E-state index in [0.717, 1.165) is 34.2 Å². The highest BCUT2D eigenvalue weighted by molar-refractivity contribution is 7.99. The SMILES string of the molecule is CCOC(=O)CC(=O)CSc1nc2sc(C(=O)OCC)c(C)c2c(=O)n1Cc1ccc(C)cc1. The Labute approximate surface area is 205 Å². The Bertz CT molecular complexity index is 1280. The normalized spacial score (nSPS) is 10.9. The highest BCUT2D eigenvalue weighted by Gasteiger charge is 2.23. The van der Waals surface area contributed by atoms with Crippen molar-refractivity contribution in [2.45, 2.75) is 45.8 Å². The number of ketones is 1. The van der Waals surface area contributed by atoms with Crippen molar-refractivity contribution < 1.29 is 23.9 Å². The van der Waals surface area contributed by atoms with Crippen LogP contribution >= 0.6 is 23.1 Å². The van der Waals surface area contributed by atoms with Crippen LogP contribution in [0.15, 0.2) is 34.2 Å². The van der Waals surface area contributed by atoms with E-state index in [1.165, 1.54) is 4.57 Å². The third-order valence-corrected chi connectivity index (χ3v) is 7.15. The number of Topliss-reactive ketones (excluding diaryl/α,β-unsaturated/α-hetero) is 1. The smallest absolute Gasteiger partial charge is 0.348 e. The van der Waals surface area contributed by atoms with Crippen molar-refractivity contribution in [3.63, 3.8) is 0 Å². The molecule has 3 aromatic rings. The van der Waals surface area contributed by atoms with Crippen molar-refractivity contribution in [1.82, 2.24) is 9.55 Å². The van der Waals surface area contributed by atoms with Crippen LogP contribution in [0.2, 0.25) is 0 Å². The van der Waals surface area contributed by atoms with Crippen molar-refractivity contribution in [3.05, 3.63) is 56.2 Å². The number of aromatic nitrogens is 2. The number of benzene rings is 1. The van der Waals surface area contributed by atoms with Crippen molar-refractivity contribution in [1.29, 1.82) is 0 Å². The predicted molar refractivity (Wildman–Crippen MR) is 132 cm³/mol. The number of aryl methyl sites for hydroxylation is 2. The zero-order valence-corrected chi connectivity index (χ0v) is 21.1. The van der Waals surface area contributed by atoms with Gasteiger partial charge in [0, 0.05) is 0 Å². The Morgan fingerprint density at radius 3 is 2.38 bits per heavy atom. The average Bonchev–Trinajstić information content (AvgIpc) is 3.12. The van der Waals surface area contributed by atoms with Crippen molar-refractivity contribution in [2.75, 3.05) is 19.0 Å². The topological polar surface area (TPSA) is 105 Å². The van der Waals surface area contributed by atoms with Crippen LogP contribution in [0.25, 0.3) is 10.2 Å². The maximum Gasteiger partial charge on any atom is 0.348 e. The molecule has 0 saturated carbocycles. The van der Waals surface area contributed by atoms with Crippen LogP contribution in [-0.2, 0) is 25.6 Å². The first kappa shape index (κ1) is 25.6. The van der Waals surface area contributed by atoms with Gasteiger partial charge in [0.1, 0.15) is 16.1 Å². The zero-order valence-electron chi connectivity index (χ0n) is 19.5. The number of carbonyl (C=O) groups excluding carboxylic acids is 3. The third kappa shape index (κ3) is 5.92. The molecule has 1 aromatic carbocycles. The molecule has 0 amide bonds. The lowest BCUT2D eigenvalue weighted by atomic mass is 10.1. The quantitative estimate of drug-likeness (QED) is 0.178. The molecule has 0 saturated heterocycles. The zero-order chi connectivity index (χ0) is 24.8. The molecule has 180 valence electrons. The van der Waals surface area contributed by atoms with Crippen LogP contribution < -0.4 is 5.56 Å². The largest absolute Gasteiger partial charge is 0.466 e. The van der Waals surface area contributed by atoms with Crippen LogP contribution in [0.3, 0.4) is 0 Å². The van der Waals surface area contributed by atoms with E-state index in [2.05, 4.69) is 4.98 Å². The molecular formula is C24H26N2O6S2. The van der Waals surface area contributed by atoms with Gasteiger partial charge in [-0.2, -0.15) is 0 Å². The molecule has 0 aliphatic carbocycles. The van der Waals surface area contributed by atoms with Crippen molar-refractivity contribution in [3.8, 4) is 0 Å². The molecular weight excluding hydrogens is 476 g/mol. The van der Waals surface area contributed by atoms with Gasteiger partial charge < -0.3 is 9.47 Å². The lowest BCUT2D eigenvalue weighted by molar-refractivity contribution is -0.145. The minimum atomic E-state index is -0.582. The summed E-state index contributed by atoms with van der Waals surface area (Å²) in [6, 6.07) is 7.76. The van der Waals surface area contributed by atoms with Gasteiger partial charge in [-0.05, 0) is 38.8 Å². The number of fused-ring (bicyclic) bond motifs is 1. The predicted octanol–water partition coefficient (Wildman–Crippen LogP) is 3.91. The highest BCUT2D eigenvalue weighted by atomic mass is 32.2. The number of rotatable bonds is 10. The average molecular weight is 503 g/mol. The summed E-state index contributed by atoms with van der Waals surface area (Å²) in [7, 11) is 0. The van der Waals surface area contributed by atoms with Gasteiger partial charge in [-0.15, -0.1) is 11.3 Å². The van der Waals surface area contributed by atoms with Gasteiger partial charge in [-0.3, -0.25) is 19.0 Å². The molecule has 0 fully saturated rings. The maximum absolute atomic E-state index is 13.5. The molecule has 10 heteroatoms. The summed E-state index contributed by atoms with van der Waals surface area (Å²) in [5.74, 6) is -1.44. The van der Waals surface area contributed by atoms with Gasteiger partial charge in [-0.25, -0.2) is 9.78 Å². The second-order valence-electron chi connectivity index (χ2n) is 7.54. The monoisotopic (exact) mass is 502 g/mol. The maximum atomic E-state index is 13.5. The van der Waals surface area contributed by atoms with Gasteiger partial charge in [0.05, 0.1) is 30.9 Å². The van der Waals surface area contributed by atoms with Crippen LogP contribution in [0.5, 0.6) is 0 Å². The molecule has 0 atom stereocenters. The molecule has 34 heavy (non-hydrogen) atoms. The lowest BCUT2D eigenvalue weighted by Crippen LogP contribution is -2.24. The standard InChI is InChI=1S/C24H26N2O6S2/c1-5-31-18(28)11-17(27)13-33-24-25-21-19(15(4)20(34-21)23(30)32-6-2)22(29)26(24)12-16-9-7-14(3)8-10-16/h7-10H,5-6,11-13H2,1-4H3. The van der Waals surface area contributed by atoms with Crippen molar-refractivity contribution in [2.24, 2.45) is 0 Å². The molecule has 0 spiro atoms. The number of hydrogen-bond donors (Lipinski definition) is 0. The van der Waals surface area contributed by atoms with Crippen LogP contribution in [0.1, 0.15) is 46.6 Å². The summed E-state index contributed by atoms with van der Waals surface area (Å²) in [5, 5.41) is 0.703. The molecule has 8 nitrogen and oxygen atoms in total. The first-order valence-corrected chi connectivity index (χ1v) is 12.6. The number of ether oxygens (including phenoxy) is 2. The third-order valence-electron chi connectivity index (χ3n) is 4.95. The van der Waals surface area contributed by atoms with E-state index in [-0.39, 0.29) is 43.3 Å². The Morgan fingerprint density at radius 1 is 1.06 bits per heavy atom. The molecule has 0 N–H and O–H groups in total. The molecule has 0 aliphatic heterocycles. The van der Waals surface area contributed by atoms with Gasteiger partial charge in [0.2, 0.25) is 0 Å². The molecule has 0 bridgehead atoms. The van der Waals surface area contributed by atoms with Crippen LogP contribution in [0.4, 0.5) is 0 Å². The van der Waals surface area contributed by atoms with E-state index in [9.17, 15) is 19.2 Å². The first-order chi connectivity index (χ1) is 16.2. The fraction of sp³-hybridized carbons (Fsp3) is 0.375. The summed E-state index contributed by atoms with van der Waals surface area (Å²) in [6.45, 7) is 7.75. The molecule has 2 heterocycles. The number of hydrogen-bond acceptors (Lipinski definition) is 9. The number of esters is 2. The van der Waals surface area contributed by atoms with E-state index in [4.69, 9.17) is 9.47 Å². The number of thiophene rings is 1. The molecule has 2 aromatic heterocycles. The van der Waals surface area contributed by atoms with Crippen LogP contribution in [0, 0.1) is 13.8 Å². The van der Waals surface area contributed by atoms with Crippen molar-refractivity contribution >= 4 is 51.0 Å². The fourth-order valence-electron chi connectivity index (χ4n) is 3.28. The molecule has 0 radical (unpaired) electrons. The number of carbonyl (C=O) groups is 3. The summed E-state index contributed by atoms with van der Waals surface area (Å²) < 4.78 is 11.5. The van der Waals surface area contributed by atoms with Gasteiger partial charge >= 0.3 is 11.9 Å². The Balaban J connectivity index is 2.02. The number of thioether (sulfide) groups is 1. The van der Waals surface area contributed by atoms with E-state index in [0.29, 0.717) is 25.8 Å². The lowest BCUT2D eigenvalue weighted by Gasteiger charge is -2.12. The summed E-state index contributed by atoms with van der Waals surface area (Å²) in [5.41, 5.74) is 2.22. The minimum absolute atomic E-state index is 0.0419. The van der Waals surface area contributed by atoms with Gasteiger partial charge in [0.25, 0.3) is 5.56 Å². The Morgan fingerprint density at radius 2 is 1.74 bits per heavy atom. The summed E-state index contributed by atoms with van der Waals surface area (Å²) >= 11 is 2.18.